The van der Waals surface area contributed by atoms with E-state index in [0.717, 1.165) is 4.57 Å². The summed E-state index contributed by atoms with van der Waals surface area (Å²) in [6.45, 7) is 2.57. The molecule has 0 aliphatic rings. The maximum Gasteiger partial charge on any atom is 0.406 e. The highest BCUT2D eigenvalue weighted by atomic mass is 19.4. The van der Waals surface area contributed by atoms with Crippen LogP contribution in [-0.4, -0.2) is 35.1 Å². The summed E-state index contributed by atoms with van der Waals surface area (Å²) in [6, 6.07) is 0.0379. The molecule has 0 aliphatic heterocycles. The van der Waals surface area contributed by atoms with Crippen LogP contribution in [0.4, 0.5) is 13.2 Å². The van der Waals surface area contributed by atoms with Gasteiger partial charge in [0.1, 0.15) is 24.1 Å². The number of nitrogens with zero attached hydrogens (tertiary/aromatic N) is 6. The smallest absolute Gasteiger partial charge is 0.324 e. The average Bonchev–Trinajstić information content (AvgIpc) is 3.07. The van der Waals surface area contributed by atoms with Crippen LogP contribution in [0.25, 0.3) is 11.0 Å². The van der Waals surface area contributed by atoms with Crippen LogP contribution in [-0.2, 0) is 13.1 Å². The molecule has 0 bridgehead atoms. The van der Waals surface area contributed by atoms with Gasteiger partial charge in [0.25, 0.3) is 5.56 Å². The van der Waals surface area contributed by atoms with Gasteiger partial charge in [-0.2, -0.15) is 18.3 Å². The Labute approximate surface area is 134 Å². The molecule has 0 N–H and O–H groups in total. The van der Waals surface area contributed by atoms with Crippen LogP contribution in [0.5, 0.6) is 0 Å². The van der Waals surface area contributed by atoms with Crippen molar-refractivity contribution < 1.29 is 13.2 Å². The van der Waals surface area contributed by atoms with Gasteiger partial charge in [0.2, 0.25) is 0 Å². The third-order valence-corrected chi connectivity index (χ3v) is 3.53. The van der Waals surface area contributed by atoms with Crippen molar-refractivity contribution in [2.24, 2.45) is 0 Å². The van der Waals surface area contributed by atoms with E-state index in [1.54, 1.807) is 4.68 Å². The third-order valence-electron chi connectivity index (χ3n) is 3.53. The zero-order valence-electron chi connectivity index (χ0n) is 13.0. The maximum absolute atomic E-state index is 12.6. The molecule has 3 heterocycles. The van der Waals surface area contributed by atoms with Crippen molar-refractivity contribution in [3.8, 4) is 0 Å². The minimum Gasteiger partial charge on any atom is -0.324 e. The molecular formula is C14H15F3N6O. The molecule has 3 aromatic rings. The van der Waals surface area contributed by atoms with Crippen LogP contribution in [0, 0.1) is 0 Å². The van der Waals surface area contributed by atoms with Crippen molar-refractivity contribution in [3.05, 3.63) is 41.1 Å². The van der Waals surface area contributed by atoms with E-state index in [1.807, 2.05) is 13.8 Å². The molecule has 0 unspecified atom stereocenters. The lowest BCUT2D eigenvalue weighted by Crippen LogP contribution is -2.25. The van der Waals surface area contributed by atoms with Gasteiger partial charge in [-0.05, 0) is 13.8 Å². The lowest BCUT2D eigenvalue weighted by Gasteiger charge is -2.12. The van der Waals surface area contributed by atoms with Gasteiger partial charge in [-0.15, -0.1) is 0 Å². The fourth-order valence-electron chi connectivity index (χ4n) is 2.44. The molecule has 3 rings (SSSR count). The predicted octanol–water partition coefficient (Wildman–Crippen LogP) is 1.98. The Kier molecular flexibility index (Phi) is 3.90. The van der Waals surface area contributed by atoms with Crippen molar-refractivity contribution >= 4 is 11.0 Å². The second-order valence-electron chi connectivity index (χ2n) is 5.68. The summed E-state index contributed by atoms with van der Waals surface area (Å²) in [5.74, 6) is 0.131. The van der Waals surface area contributed by atoms with Gasteiger partial charge in [0.15, 0.2) is 5.65 Å². The first kappa shape index (κ1) is 16.2. The summed E-state index contributed by atoms with van der Waals surface area (Å²) in [6.07, 6.45) is 0.869. The molecule has 10 heteroatoms. The van der Waals surface area contributed by atoms with Crippen LogP contribution in [0.15, 0.2) is 29.7 Å². The van der Waals surface area contributed by atoms with Gasteiger partial charge in [-0.3, -0.25) is 9.36 Å². The summed E-state index contributed by atoms with van der Waals surface area (Å²) in [7, 11) is 0. The lowest BCUT2D eigenvalue weighted by atomic mass is 10.4. The molecule has 128 valence electrons. The molecule has 0 radical (unpaired) electrons. The number of alkyl halides is 3. The van der Waals surface area contributed by atoms with E-state index in [-0.39, 0.29) is 24.0 Å². The Morgan fingerprint density at radius 1 is 1.21 bits per heavy atom. The zero-order chi connectivity index (χ0) is 17.5. The Morgan fingerprint density at radius 2 is 1.96 bits per heavy atom. The number of fused-ring (bicyclic) bond motifs is 1. The SMILES string of the molecule is CC(C)n1ncc2c(=O)n(Cc3nccn3CC(F)(F)F)cnc21. The second-order valence-corrected chi connectivity index (χ2v) is 5.68. The van der Waals surface area contributed by atoms with E-state index in [1.165, 1.54) is 29.5 Å². The van der Waals surface area contributed by atoms with Gasteiger partial charge < -0.3 is 4.57 Å². The van der Waals surface area contributed by atoms with Crippen molar-refractivity contribution in [2.75, 3.05) is 0 Å². The third kappa shape index (κ3) is 3.03. The highest BCUT2D eigenvalue weighted by Gasteiger charge is 2.28. The fourth-order valence-corrected chi connectivity index (χ4v) is 2.44. The topological polar surface area (TPSA) is 70.5 Å². The maximum atomic E-state index is 12.6. The van der Waals surface area contributed by atoms with Crippen molar-refractivity contribution in [2.45, 2.75) is 39.2 Å². The van der Waals surface area contributed by atoms with Crippen molar-refractivity contribution in [3.63, 3.8) is 0 Å². The minimum atomic E-state index is -4.36. The monoisotopic (exact) mass is 340 g/mol. The van der Waals surface area contributed by atoms with E-state index in [0.29, 0.717) is 11.0 Å². The summed E-state index contributed by atoms with van der Waals surface area (Å²) in [5.41, 5.74) is 0.0818. The van der Waals surface area contributed by atoms with E-state index in [4.69, 9.17) is 0 Å². The van der Waals surface area contributed by atoms with Crippen LogP contribution in [0.1, 0.15) is 25.7 Å². The molecule has 0 fully saturated rings. The normalized spacial score (nSPS) is 12.4. The first-order chi connectivity index (χ1) is 11.3. The first-order valence-corrected chi connectivity index (χ1v) is 7.25. The molecule has 0 aliphatic carbocycles. The number of rotatable bonds is 4. The molecule has 0 saturated carbocycles. The Hall–Kier alpha value is -2.65. The van der Waals surface area contributed by atoms with Crippen molar-refractivity contribution in [1.82, 2.24) is 28.9 Å². The van der Waals surface area contributed by atoms with Crippen LogP contribution in [0.3, 0.4) is 0 Å². The number of hydrogen-bond acceptors (Lipinski definition) is 4. The van der Waals surface area contributed by atoms with Gasteiger partial charge >= 0.3 is 6.18 Å². The number of aromatic nitrogens is 6. The number of halogens is 3. The molecule has 7 nitrogen and oxygen atoms in total. The average molecular weight is 340 g/mol. The lowest BCUT2D eigenvalue weighted by molar-refractivity contribution is -0.141. The standard InChI is InChI=1S/C14H15F3N6O/c1-9(2)23-12-10(5-20-23)13(24)22(8-19-12)6-11-18-3-4-21(11)7-14(15,16)17/h3-5,8-9H,6-7H2,1-2H3. The molecule has 24 heavy (non-hydrogen) atoms. The summed E-state index contributed by atoms with van der Waals surface area (Å²) >= 11 is 0. The van der Waals surface area contributed by atoms with Crippen LogP contribution < -0.4 is 5.56 Å². The van der Waals surface area contributed by atoms with Crippen molar-refractivity contribution in [1.29, 1.82) is 0 Å². The summed E-state index contributed by atoms with van der Waals surface area (Å²) < 4.78 is 41.5. The predicted molar refractivity (Wildman–Crippen MR) is 79.6 cm³/mol. The second kappa shape index (κ2) is 5.77. The molecule has 0 saturated heterocycles. The van der Waals surface area contributed by atoms with Gasteiger partial charge in [-0.1, -0.05) is 0 Å². The van der Waals surface area contributed by atoms with E-state index < -0.39 is 12.7 Å². The zero-order valence-corrected chi connectivity index (χ0v) is 13.0. The number of hydrogen-bond donors (Lipinski definition) is 0. The highest BCUT2D eigenvalue weighted by Crippen LogP contribution is 2.18. The van der Waals surface area contributed by atoms with Gasteiger partial charge in [0, 0.05) is 18.4 Å². The Balaban J connectivity index is 1.96. The number of imidazole rings is 1. The summed E-state index contributed by atoms with van der Waals surface area (Å²) in [5, 5.41) is 4.45. The van der Waals surface area contributed by atoms with Gasteiger partial charge in [0.05, 0.1) is 12.7 Å². The summed E-state index contributed by atoms with van der Waals surface area (Å²) in [4.78, 5) is 20.6. The molecule has 0 amide bonds. The Bertz CT molecular complexity index is 921. The minimum absolute atomic E-state index is 0.0379. The Morgan fingerprint density at radius 3 is 2.62 bits per heavy atom. The van der Waals surface area contributed by atoms with Gasteiger partial charge in [-0.25, -0.2) is 14.6 Å². The molecule has 3 aromatic heterocycles. The highest BCUT2D eigenvalue weighted by molar-refractivity contribution is 5.73. The first-order valence-electron chi connectivity index (χ1n) is 7.25. The molecule has 0 spiro atoms. The van der Waals surface area contributed by atoms with Crippen LogP contribution in [0.2, 0.25) is 0 Å². The van der Waals surface area contributed by atoms with E-state index in [9.17, 15) is 18.0 Å². The molecule has 0 atom stereocenters. The molecule has 0 aromatic carbocycles. The van der Waals surface area contributed by atoms with E-state index >= 15 is 0 Å². The largest absolute Gasteiger partial charge is 0.406 e. The van der Waals surface area contributed by atoms with E-state index in [2.05, 4.69) is 15.1 Å². The molecular weight excluding hydrogens is 325 g/mol. The quantitative estimate of drug-likeness (QED) is 0.728. The fraction of sp³-hybridized carbons (Fsp3) is 0.429. The van der Waals surface area contributed by atoms with Crippen LogP contribution >= 0.6 is 0 Å².